The molecule has 0 radical (unpaired) electrons. The summed E-state index contributed by atoms with van der Waals surface area (Å²) in [6, 6.07) is 16.0. The van der Waals surface area contributed by atoms with Crippen LogP contribution in [0.4, 0.5) is 5.69 Å². The zero-order valence-corrected chi connectivity index (χ0v) is 14.5. The first kappa shape index (κ1) is 15.6. The Morgan fingerprint density at radius 3 is 2.79 bits per heavy atom. The summed E-state index contributed by atoms with van der Waals surface area (Å²) in [7, 11) is 1.66. The number of hydrogen-bond acceptors (Lipinski definition) is 4. The maximum absolute atomic E-state index is 6.53. The van der Waals surface area contributed by atoms with E-state index in [2.05, 4.69) is 24.0 Å². The Morgan fingerprint density at radius 2 is 2.04 bits per heavy atom. The lowest BCUT2D eigenvalue weighted by molar-refractivity contribution is -0.0684. The molecule has 0 bridgehead atoms. The first-order valence-corrected chi connectivity index (χ1v) is 8.41. The lowest BCUT2D eigenvalue weighted by Crippen LogP contribution is -2.45. The van der Waals surface area contributed by atoms with Crippen molar-refractivity contribution in [3.05, 3.63) is 64.7 Å². The van der Waals surface area contributed by atoms with E-state index in [1.54, 1.807) is 7.11 Å². The van der Waals surface area contributed by atoms with E-state index in [1.165, 1.54) is 0 Å². The molecule has 2 unspecified atom stereocenters. The summed E-state index contributed by atoms with van der Waals surface area (Å²) < 4.78 is 12.0. The Kier molecular flexibility index (Phi) is 3.83. The van der Waals surface area contributed by atoms with E-state index in [0.717, 1.165) is 23.4 Å². The molecule has 2 aliphatic rings. The number of benzene rings is 2. The van der Waals surface area contributed by atoms with Gasteiger partial charge >= 0.3 is 0 Å². The Hall–Kier alpha value is -1.88. The van der Waals surface area contributed by atoms with E-state index in [-0.39, 0.29) is 6.10 Å². The lowest BCUT2D eigenvalue weighted by atomic mass is 9.92. The van der Waals surface area contributed by atoms with Gasteiger partial charge in [-0.15, -0.1) is 0 Å². The first-order chi connectivity index (χ1) is 11.6. The standard InChI is InChI=1S/C19H19ClN2O2/c1-13-11-22-12-18(23-2)21-17-9-8-15(20)10-16(17)19(22,24-13)14-6-4-3-5-7-14/h3-10,13H,11-12H2,1-2H3. The molecule has 4 nitrogen and oxygen atoms in total. The molecule has 2 aromatic carbocycles. The van der Waals surface area contributed by atoms with Gasteiger partial charge in [-0.25, -0.2) is 4.99 Å². The van der Waals surface area contributed by atoms with Crippen LogP contribution in [0, 0.1) is 0 Å². The summed E-state index contributed by atoms with van der Waals surface area (Å²) in [4.78, 5) is 6.97. The molecule has 1 saturated heterocycles. The highest BCUT2D eigenvalue weighted by Crippen LogP contribution is 2.48. The van der Waals surface area contributed by atoms with Gasteiger partial charge in [0, 0.05) is 22.7 Å². The van der Waals surface area contributed by atoms with Crippen molar-refractivity contribution in [2.24, 2.45) is 4.99 Å². The van der Waals surface area contributed by atoms with Gasteiger partial charge in [0.2, 0.25) is 5.90 Å². The highest BCUT2D eigenvalue weighted by molar-refractivity contribution is 6.30. The molecule has 24 heavy (non-hydrogen) atoms. The van der Waals surface area contributed by atoms with Crippen molar-refractivity contribution >= 4 is 23.2 Å². The predicted octanol–water partition coefficient (Wildman–Crippen LogP) is 3.95. The molecule has 0 saturated carbocycles. The fraction of sp³-hybridized carbons (Fsp3) is 0.316. The molecule has 2 heterocycles. The molecular formula is C19H19ClN2O2. The summed E-state index contributed by atoms with van der Waals surface area (Å²) in [6.07, 6.45) is 0.0910. The van der Waals surface area contributed by atoms with Gasteiger partial charge in [0.25, 0.3) is 0 Å². The van der Waals surface area contributed by atoms with E-state index in [4.69, 9.17) is 26.1 Å². The number of hydrogen-bond donors (Lipinski definition) is 0. The third-order valence-corrected chi connectivity index (χ3v) is 4.83. The molecule has 0 spiro atoms. The smallest absolute Gasteiger partial charge is 0.202 e. The van der Waals surface area contributed by atoms with Crippen molar-refractivity contribution in [1.29, 1.82) is 0 Å². The van der Waals surface area contributed by atoms with E-state index < -0.39 is 5.72 Å². The van der Waals surface area contributed by atoms with E-state index >= 15 is 0 Å². The fourth-order valence-corrected chi connectivity index (χ4v) is 3.81. The second-order valence-electron chi connectivity index (χ2n) is 6.19. The molecule has 2 atom stereocenters. The summed E-state index contributed by atoms with van der Waals surface area (Å²) in [5.41, 5.74) is 2.16. The van der Waals surface area contributed by atoms with Crippen LogP contribution in [0.15, 0.2) is 53.5 Å². The number of methoxy groups -OCH3 is 1. The van der Waals surface area contributed by atoms with Crippen LogP contribution in [0.5, 0.6) is 0 Å². The number of rotatable bonds is 1. The van der Waals surface area contributed by atoms with Crippen molar-refractivity contribution in [3.8, 4) is 0 Å². The van der Waals surface area contributed by atoms with Gasteiger partial charge in [-0.2, -0.15) is 0 Å². The van der Waals surface area contributed by atoms with Crippen LogP contribution in [0.1, 0.15) is 18.1 Å². The molecule has 2 aliphatic heterocycles. The monoisotopic (exact) mass is 342 g/mol. The number of aliphatic imine (C=N–C) groups is 1. The SMILES string of the molecule is COC1=Nc2ccc(Cl)cc2C2(c3ccccc3)OC(C)CN2C1. The Morgan fingerprint density at radius 1 is 1.25 bits per heavy atom. The second kappa shape index (κ2) is 5.88. The van der Waals surface area contributed by atoms with Gasteiger partial charge in [-0.05, 0) is 25.1 Å². The van der Waals surface area contributed by atoms with Gasteiger partial charge in [0.1, 0.15) is 0 Å². The molecule has 2 aromatic rings. The molecule has 0 amide bonds. The highest BCUT2D eigenvalue weighted by Gasteiger charge is 2.51. The third-order valence-electron chi connectivity index (χ3n) is 4.59. The molecule has 0 aliphatic carbocycles. The quantitative estimate of drug-likeness (QED) is 0.787. The molecule has 4 rings (SSSR count). The van der Waals surface area contributed by atoms with Crippen LogP contribution in [0.2, 0.25) is 5.02 Å². The number of ether oxygens (including phenoxy) is 2. The number of fused-ring (bicyclic) bond motifs is 3. The summed E-state index contributed by atoms with van der Waals surface area (Å²) in [6.45, 7) is 3.47. The average Bonchev–Trinajstić information content (AvgIpc) is 2.87. The Balaban J connectivity index is 2.01. The van der Waals surface area contributed by atoms with E-state index in [9.17, 15) is 0 Å². The van der Waals surface area contributed by atoms with Gasteiger partial charge in [0.05, 0.1) is 25.4 Å². The largest absolute Gasteiger partial charge is 0.483 e. The van der Waals surface area contributed by atoms with Crippen LogP contribution in [0.25, 0.3) is 0 Å². The van der Waals surface area contributed by atoms with Gasteiger partial charge in [-0.3, -0.25) is 4.90 Å². The zero-order valence-electron chi connectivity index (χ0n) is 13.7. The lowest BCUT2D eigenvalue weighted by Gasteiger charge is -2.37. The Bertz CT molecular complexity index is 793. The Labute approximate surface area is 146 Å². The van der Waals surface area contributed by atoms with Crippen LogP contribution in [-0.4, -0.2) is 37.1 Å². The van der Waals surface area contributed by atoms with Gasteiger partial charge in [0.15, 0.2) is 5.72 Å². The van der Waals surface area contributed by atoms with Crippen LogP contribution in [-0.2, 0) is 15.2 Å². The molecular weight excluding hydrogens is 324 g/mol. The number of nitrogens with zero attached hydrogens (tertiary/aromatic N) is 2. The van der Waals surface area contributed by atoms with Crippen molar-refractivity contribution in [2.75, 3.05) is 20.2 Å². The van der Waals surface area contributed by atoms with E-state index in [1.807, 2.05) is 36.4 Å². The fourth-order valence-electron chi connectivity index (χ4n) is 3.64. The van der Waals surface area contributed by atoms with Crippen LogP contribution in [0.3, 0.4) is 0 Å². The maximum Gasteiger partial charge on any atom is 0.202 e. The minimum Gasteiger partial charge on any atom is -0.483 e. The normalized spacial score (nSPS) is 26.3. The molecule has 1 fully saturated rings. The second-order valence-corrected chi connectivity index (χ2v) is 6.63. The van der Waals surface area contributed by atoms with Crippen molar-refractivity contribution in [3.63, 3.8) is 0 Å². The number of halogens is 1. The molecule has 5 heteroatoms. The van der Waals surface area contributed by atoms with Crippen LogP contribution >= 0.6 is 11.6 Å². The van der Waals surface area contributed by atoms with Crippen LogP contribution < -0.4 is 0 Å². The average molecular weight is 343 g/mol. The topological polar surface area (TPSA) is 34.1 Å². The van der Waals surface area contributed by atoms with Crippen molar-refractivity contribution in [2.45, 2.75) is 18.8 Å². The predicted molar refractivity (Wildman–Crippen MR) is 94.9 cm³/mol. The van der Waals surface area contributed by atoms with Crippen molar-refractivity contribution < 1.29 is 9.47 Å². The maximum atomic E-state index is 6.53. The minimum absolute atomic E-state index is 0.0910. The van der Waals surface area contributed by atoms with Crippen molar-refractivity contribution in [1.82, 2.24) is 4.90 Å². The van der Waals surface area contributed by atoms with Gasteiger partial charge in [-0.1, -0.05) is 41.9 Å². The minimum atomic E-state index is -0.704. The summed E-state index contributed by atoms with van der Waals surface area (Å²) >= 11 is 6.32. The summed E-state index contributed by atoms with van der Waals surface area (Å²) in [5.74, 6) is 0.675. The van der Waals surface area contributed by atoms with Gasteiger partial charge < -0.3 is 9.47 Å². The molecule has 0 N–H and O–H groups in total. The highest BCUT2D eigenvalue weighted by atomic mass is 35.5. The zero-order chi connectivity index (χ0) is 16.7. The van der Waals surface area contributed by atoms with E-state index in [0.29, 0.717) is 17.5 Å². The molecule has 0 aromatic heterocycles. The molecule has 124 valence electrons. The first-order valence-electron chi connectivity index (χ1n) is 8.03. The summed E-state index contributed by atoms with van der Waals surface area (Å²) in [5, 5.41) is 0.670. The third kappa shape index (κ3) is 2.34.